The zero-order chi connectivity index (χ0) is 42.9. The molecule has 0 atom stereocenters. The summed E-state index contributed by atoms with van der Waals surface area (Å²) in [7, 11) is 0. The molecule has 0 aliphatic rings. The van der Waals surface area contributed by atoms with Crippen molar-refractivity contribution in [3.05, 3.63) is 131 Å². The summed E-state index contributed by atoms with van der Waals surface area (Å²) in [5.74, 6) is 0. The standard InChI is InChI=1S/C62H54/c1-59(2,3)31-21-41-35-17-13-15-19-37(35)51-47-25-33(61(7,8)9)23-43-39-30-46-40(29-45(39)57(55(43)47)49(27-31)53(41)51)44-24-34(62(10,11)12)26-48-52-38-20-16-14-18-36(38)42-22-32(60(4,5)6)28-50(54(42)52)58(46)56(44)48/h13-30H,1-12H3. The average molecular weight is 799 g/mol. The molecule has 0 aromatic heterocycles. The fourth-order valence-electron chi connectivity index (χ4n) is 12.0. The Kier molecular flexibility index (Phi) is 6.59. The van der Waals surface area contributed by atoms with Gasteiger partial charge in [0.1, 0.15) is 0 Å². The van der Waals surface area contributed by atoms with Crippen molar-refractivity contribution in [2.45, 2.75) is 105 Å². The molecule has 0 aliphatic heterocycles. The smallest absolute Gasteiger partial charge is 0.00133 e. The third kappa shape index (κ3) is 4.48. The summed E-state index contributed by atoms with van der Waals surface area (Å²) in [4.78, 5) is 0. The third-order valence-corrected chi connectivity index (χ3v) is 15.3. The van der Waals surface area contributed by atoms with Crippen LogP contribution in [0.3, 0.4) is 0 Å². The Morgan fingerprint density at radius 1 is 0.194 bits per heavy atom. The predicted octanol–water partition coefficient (Wildman–Crippen LogP) is 18.5. The number of hydrogen-bond acceptors (Lipinski definition) is 0. The van der Waals surface area contributed by atoms with Gasteiger partial charge in [0.2, 0.25) is 0 Å². The molecule has 13 aromatic carbocycles. The van der Waals surface area contributed by atoms with E-state index in [4.69, 9.17) is 0 Å². The topological polar surface area (TPSA) is 0 Å². The highest BCUT2D eigenvalue weighted by molar-refractivity contribution is 6.51. The largest absolute Gasteiger partial charge is 0.0616 e. The summed E-state index contributed by atoms with van der Waals surface area (Å²) in [5.41, 5.74) is 5.53. The summed E-state index contributed by atoms with van der Waals surface area (Å²) in [5, 5.41) is 33.5. The maximum absolute atomic E-state index is 2.64. The highest BCUT2D eigenvalue weighted by Gasteiger charge is 2.30. The second kappa shape index (κ2) is 11.1. The Morgan fingerprint density at radius 2 is 0.387 bits per heavy atom. The fourth-order valence-corrected chi connectivity index (χ4v) is 12.0. The molecule has 0 saturated carbocycles. The Balaban J connectivity index is 1.34. The minimum absolute atomic E-state index is 0.00384. The quantitative estimate of drug-likeness (QED) is 0.134. The number of hydrogen-bond donors (Lipinski definition) is 0. The van der Waals surface area contributed by atoms with Crippen LogP contribution in [0.1, 0.15) is 105 Å². The van der Waals surface area contributed by atoms with Crippen molar-refractivity contribution in [3.8, 4) is 0 Å². The van der Waals surface area contributed by atoms with E-state index in [1.54, 1.807) is 0 Å². The summed E-state index contributed by atoms with van der Waals surface area (Å²) in [6.07, 6.45) is 0. The first-order chi connectivity index (χ1) is 29.3. The molecular weight excluding hydrogens is 745 g/mol. The third-order valence-electron chi connectivity index (χ3n) is 15.3. The van der Waals surface area contributed by atoms with Crippen LogP contribution in [0, 0.1) is 0 Å². The Labute approximate surface area is 363 Å². The van der Waals surface area contributed by atoms with Crippen LogP contribution in [-0.4, -0.2) is 0 Å². The van der Waals surface area contributed by atoms with Crippen molar-refractivity contribution in [2.24, 2.45) is 0 Å². The number of rotatable bonds is 0. The molecule has 0 nitrogen and oxygen atoms in total. The first-order valence-electron chi connectivity index (χ1n) is 22.9. The van der Waals surface area contributed by atoms with Crippen LogP contribution < -0.4 is 0 Å². The number of fused-ring (bicyclic) bond motifs is 16. The van der Waals surface area contributed by atoms with E-state index < -0.39 is 0 Å². The molecular formula is C62H54. The van der Waals surface area contributed by atoms with Crippen molar-refractivity contribution in [1.29, 1.82) is 0 Å². The zero-order valence-corrected chi connectivity index (χ0v) is 38.4. The molecule has 0 heterocycles. The van der Waals surface area contributed by atoms with Crippen LogP contribution >= 0.6 is 0 Å². The first kappa shape index (κ1) is 36.7. The highest BCUT2D eigenvalue weighted by Crippen LogP contribution is 2.56. The van der Waals surface area contributed by atoms with Gasteiger partial charge in [-0.1, -0.05) is 132 Å². The average Bonchev–Trinajstić information content (AvgIpc) is 3.93. The van der Waals surface area contributed by atoms with E-state index >= 15 is 0 Å². The molecule has 0 bridgehead atoms. The molecule has 0 radical (unpaired) electrons. The molecule has 0 amide bonds. The van der Waals surface area contributed by atoms with E-state index in [-0.39, 0.29) is 21.7 Å². The lowest BCUT2D eigenvalue weighted by Gasteiger charge is -2.22. The lowest BCUT2D eigenvalue weighted by molar-refractivity contribution is 0.591. The second-order valence-corrected chi connectivity index (χ2v) is 23.3. The first-order valence-corrected chi connectivity index (χ1v) is 22.9. The van der Waals surface area contributed by atoms with Gasteiger partial charge in [0, 0.05) is 0 Å². The molecule has 0 spiro atoms. The van der Waals surface area contributed by atoms with Gasteiger partial charge in [-0.05, 0) is 234 Å². The van der Waals surface area contributed by atoms with Crippen LogP contribution in [0.2, 0.25) is 0 Å². The van der Waals surface area contributed by atoms with Gasteiger partial charge in [-0.15, -0.1) is 0 Å². The molecule has 0 unspecified atom stereocenters. The monoisotopic (exact) mass is 798 g/mol. The van der Waals surface area contributed by atoms with Crippen molar-refractivity contribution in [1.82, 2.24) is 0 Å². The van der Waals surface area contributed by atoms with Gasteiger partial charge < -0.3 is 0 Å². The van der Waals surface area contributed by atoms with Crippen molar-refractivity contribution < 1.29 is 0 Å². The van der Waals surface area contributed by atoms with E-state index in [1.165, 1.54) is 152 Å². The molecule has 0 saturated heterocycles. The van der Waals surface area contributed by atoms with E-state index in [2.05, 4.69) is 192 Å². The van der Waals surface area contributed by atoms with E-state index in [1.807, 2.05) is 0 Å². The molecule has 62 heavy (non-hydrogen) atoms. The van der Waals surface area contributed by atoms with E-state index in [0.717, 1.165) is 0 Å². The molecule has 0 heteroatoms. The van der Waals surface area contributed by atoms with E-state index in [9.17, 15) is 0 Å². The van der Waals surface area contributed by atoms with Crippen LogP contribution in [0.15, 0.2) is 109 Å². The van der Waals surface area contributed by atoms with Gasteiger partial charge in [0.05, 0.1) is 0 Å². The second-order valence-electron chi connectivity index (χ2n) is 23.3. The van der Waals surface area contributed by atoms with Crippen molar-refractivity contribution in [2.75, 3.05) is 0 Å². The van der Waals surface area contributed by atoms with Gasteiger partial charge in [-0.2, -0.15) is 0 Å². The van der Waals surface area contributed by atoms with Gasteiger partial charge in [0.15, 0.2) is 0 Å². The van der Waals surface area contributed by atoms with E-state index in [0.29, 0.717) is 0 Å². The Bertz CT molecular complexity index is 3820. The SMILES string of the molecule is CC(C)(C)c1cc2c3cc4c(cc3c3c5cc(C(C)(C)C)cc6c7ccccc7c(c(c1)c23)c65)c1cc(C(C)(C)C)cc2c3c5ccccc5c5cc(C(C)(C)C)cc(c53)c4c12. The lowest BCUT2D eigenvalue weighted by Crippen LogP contribution is -2.11. The number of benzene rings is 9. The Hall–Kier alpha value is -5.98. The van der Waals surface area contributed by atoms with Crippen LogP contribution in [0.4, 0.5) is 0 Å². The van der Waals surface area contributed by atoms with Gasteiger partial charge in [-0.3, -0.25) is 0 Å². The van der Waals surface area contributed by atoms with Gasteiger partial charge >= 0.3 is 0 Å². The highest BCUT2D eigenvalue weighted by atomic mass is 14.3. The molecule has 13 aromatic rings. The molecule has 0 N–H and O–H groups in total. The maximum atomic E-state index is 2.64. The van der Waals surface area contributed by atoms with Crippen molar-refractivity contribution in [3.63, 3.8) is 0 Å². The fraction of sp³-hybridized carbons (Fsp3) is 0.258. The molecule has 302 valence electrons. The minimum Gasteiger partial charge on any atom is -0.0616 e. The lowest BCUT2D eigenvalue weighted by atomic mass is 9.82. The molecule has 0 fully saturated rings. The van der Waals surface area contributed by atoms with Gasteiger partial charge in [-0.25, -0.2) is 0 Å². The predicted molar refractivity (Wildman–Crippen MR) is 276 cm³/mol. The minimum atomic E-state index is -0.0230. The van der Waals surface area contributed by atoms with Crippen LogP contribution in [0.5, 0.6) is 0 Å². The summed E-state index contributed by atoms with van der Waals surface area (Å²) in [6, 6.07) is 44.1. The summed E-state index contributed by atoms with van der Waals surface area (Å²) >= 11 is 0. The molecule has 0 aliphatic carbocycles. The van der Waals surface area contributed by atoms with Crippen molar-refractivity contribution >= 4 is 129 Å². The summed E-state index contributed by atoms with van der Waals surface area (Å²) < 4.78 is 0. The van der Waals surface area contributed by atoms with Crippen LogP contribution in [-0.2, 0) is 21.7 Å². The normalized spacial score (nSPS) is 14.1. The maximum Gasteiger partial charge on any atom is -0.00133 e. The van der Waals surface area contributed by atoms with Gasteiger partial charge in [0.25, 0.3) is 0 Å². The Morgan fingerprint density at radius 3 is 0.645 bits per heavy atom. The summed E-state index contributed by atoms with van der Waals surface area (Å²) in [6.45, 7) is 28.5. The zero-order valence-electron chi connectivity index (χ0n) is 38.4. The van der Waals surface area contributed by atoms with Crippen LogP contribution in [0.25, 0.3) is 129 Å². The molecule has 13 rings (SSSR count).